The van der Waals surface area contributed by atoms with Crippen molar-refractivity contribution in [2.45, 2.75) is 16.2 Å². The van der Waals surface area contributed by atoms with E-state index in [1.165, 1.54) is 0 Å². The predicted molar refractivity (Wildman–Crippen MR) is 96.6 cm³/mol. The van der Waals surface area contributed by atoms with E-state index in [4.69, 9.17) is 5.26 Å². The summed E-state index contributed by atoms with van der Waals surface area (Å²) in [5.74, 6) is -0.674. The molecule has 2 aliphatic carbocycles. The SMILES string of the molecule is CSc1ccc(S(=O)(=O)CC2C3C=CC(C3)C2C(=O)NCC#N)cc1. The van der Waals surface area contributed by atoms with Crippen molar-refractivity contribution in [1.82, 2.24) is 5.32 Å². The first-order valence-electron chi connectivity index (χ1n) is 8.16. The van der Waals surface area contributed by atoms with Crippen LogP contribution in [-0.4, -0.2) is 32.9 Å². The Bertz CT molecular complexity index is 825. The van der Waals surface area contributed by atoms with Crippen molar-refractivity contribution >= 4 is 27.5 Å². The highest BCUT2D eigenvalue weighted by Crippen LogP contribution is 2.49. The van der Waals surface area contributed by atoms with Gasteiger partial charge in [-0.05, 0) is 54.7 Å². The Balaban J connectivity index is 1.80. The highest BCUT2D eigenvalue weighted by atomic mass is 32.2. The van der Waals surface area contributed by atoms with Crippen molar-refractivity contribution in [2.24, 2.45) is 23.7 Å². The standard InChI is InChI=1S/C18H20N2O3S2/c1-24-14-4-6-15(7-5-14)25(22,23)11-16-12-2-3-13(10-12)17(16)18(21)20-9-8-19/h2-7,12-13,16-17H,9-11H2,1H3,(H,20,21). The molecule has 1 N–H and O–H groups in total. The highest BCUT2D eigenvalue weighted by molar-refractivity contribution is 7.98. The molecule has 1 aromatic rings. The van der Waals surface area contributed by atoms with Crippen LogP contribution in [0.25, 0.3) is 0 Å². The number of benzene rings is 1. The van der Waals surface area contributed by atoms with Crippen molar-refractivity contribution in [2.75, 3.05) is 18.6 Å². The normalized spacial score (nSPS) is 27.2. The molecule has 0 aromatic heterocycles. The zero-order valence-electron chi connectivity index (χ0n) is 13.9. The van der Waals surface area contributed by atoms with Gasteiger partial charge in [0, 0.05) is 10.8 Å². The number of hydrogen-bond acceptors (Lipinski definition) is 5. The molecule has 2 bridgehead atoms. The van der Waals surface area contributed by atoms with Crippen LogP contribution in [0.15, 0.2) is 46.2 Å². The van der Waals surface area contributed by atoms with Gasteiger partial charge in [-0.1, -0.05) is 12.2 Å². The molecule has 1 saturated carbocycles. The molecule has 3 rings (SSSR count). The highest BCUT2D eigenvalue weighted by Gasteiger charge is 2.49. The zero-order valence-corrected chi connectivity index (χ0v) is 15.5. The molecule has 5 nitrogen and oxygen atoms in total. The second-order valence-electron chi connectivity index (χ2n) is 6.47. The number of fused-ring (bicyclic) bond motifs is 2. The summed E-state index contributed by atoms with van der Waals surface area (Å²) >= 11 is 1.56. The molecule has 0 spiro atoms. The average molecular weight is 377 g/mol. The summed E-state index contributed by atoms with van der Waals surface area (Å²) in [4.78, 5) is 13.7. The van der Waals surface area contributed by atoms with E-state index in [0.717, 1.165) is 11.3 Å². The number of nitrogens with zero attached hydrogens (tertiary/aromatic N) is 1. The summed E-state index contributed by atoms with van der Waals surface area (Å²) in [6, 6.07) is 8.77. The second kappa shape index (κ2) is 7.22. The van der Waals surface area contributed by atoms with Crippen LogP contribution in [0.4, 0.5) is 0 Å². The minimum atomic E-state index is -3.47. The minimum absolute atomic E-state index is 0.0399. The molecule has 132 valence electrons. The molecular weight excluding hydrogens is 356 g/mol. The van der Waals surface area contributed by atoms with Gasteiger partial charge in [0.25, 0.3) is 0 Å². The van der Waals surface area contributed by atoms with Crippen LogP contribution < -0.4 is 5.32 Å². The third-order valence-corrected chi connectivity index (χ3v) is 7.65. The quantitative estimate of drug-likeness (QED) is 0.467. The molecule has 4 unspecified atom stereocenters. The van der Waals surface area contributed by atoms with Gasteiger partial charge < -0.3 is 5.32 Å². The van der Waals surface area contributed by atoms with Crippen molar-refractivity contribution in [1.29, 1.82) is 5.26 Å². The molecule has 0 heterocycles. The molecular formula is C18H20N2O3S2. The van der Waals surface area contributed by atoms with E-state index in [1.807, 2.05) is 24.5 Å². The summed E-state index contributed by atoms with van der Waals surface area (Å²) in [6.45, 7) is -0.0496. The Morgan fingerprint density at radius 3 is 2.60 bits per heavy atom. The van der Waals surface area contributed by atoms with Gasteiger partial charge in [-0.2, -0.15) is 5.26 Å². The van der Waals surface area contributed by atoms with Gasteiger partial charge in [0.15, 0.2) is 9.84 Å². The van der Waals surface area contributed by atoms with Crippen LogP contribution in [0.1, 0.15) is 6.42 Å². The van der Waals surface area contributed by atoms with Crippen molar-refractivity contribution in [3.05, 3.63) is 36.4 Å². The fourth-order valence-corrected chi connectivity index (χ4v) is 6.03. The summed E-state index contributed by atoms with van der Waals surface area (Å²) in [6.07, 6.45) is 6.80. The maximum absolute atomic E-state index is 12.8. The van der Waals surface area contributed by atoms with E-state index in [9.17, 15) is 13.2 Å². The van der Waals surface area contributed by atoms with Gasteiger partial charge >= 0.3 is 0 Å². The Labute approximate surface area is 152 Å². The number of thioether (sulfide) groups is 1. The first-order chi connectivity index (χ1) is 12.0. The number of hydrogen-bond donors (Lipinski definition) is 1. The van der Waals surface area contributed by atoms with Crippen LogP contribution in [0.5, 0.6) is 0 Å². The third-order valence-electron chi connectivity index (χ3n) is 5.10. The lowest BCUT2D eigenvalue weighted by Gasteiger charge is -2.26. The van der Waals surface area contributed by atoms with Gasteiger partial charge in [-0.3, -0.25) is 4.79 Å². The monoisotopic (exact) mass is 376 g/mol. The van der Waals surface area contributed by atoms with E-state index in [0.29, 0.717) is 4.90 Å². The lowest BCUT2D eigenvalue weighted by atomic mass is 9.83. The number of carbonyl (C=O) groups excluding carboxylic acids is 1. The van der Waals surface area contributed by atoms with E-state index in [1.54, 1.807) is 36.0 Å². The number of allylic oxidation sites excluding steroid dienone is 2. The molecule has 7 heteroatoms. The summed E-state index contributed by atoms with van der Waals surface area (Å²) in [5, 5.41) is 11.3. The number of carbonyl (C=O) groups is 1. The van der Waals surface area contributed by atoms with E-state index >= 15 is 0 Å². The fraction of sp³-hybridized carbons (Fsp3) is 0.444. The lowest BCUT2D eigenvalue weighted by molar-refractivity contribution is -0.126. The zero-order chi connectivity index (χ0) is 18.0. The van der Waals surface area contributed by atoms with Gasteiger partial charge in [-0.25, -0.2) is 8.42 Å². The molecule has 0 aliphatic heterocycles. The van der Waals surface area contributed by atoms with Crippen molar-refractivity contribution < 1.29 is 13.2 Å². The van der Waals surface area contributed by atoms with Crippen molar-refractivity contribution in [3.8, 4) is 6.07 Å². The molecule has 0 radical (unpaired) electrons. The largest absolute Gasteiger partial charge is 0.343 e. The molecule has 1 fully saturated rings. The maximum Gasteiger partial charge on any atom is 0.224 e. The Morgan fingerprint density at radius 1 is 1.28 bits per heavy atom. The Hall–Kier alpha value is -1.78. The topological polar surface area (TPSA) is 87.0 Å². The van der Waals surface area contributed by atoms with Gasteiger partial charge in [-0.15, -0.1) is 11.8 Å². The number of sulfone groups is 1. The maximum atomic E-state index is 12.8. The smallest absolute Gasteiger partial charge is 0.224 e. The van der Waals surface area contributed by atoms with Crippen molar-refractivity contribution in [3.63, 3.8) is 0 Å². The second-order valence-corrected chi connectivity index (χ2v) is 9.38. The first-order valence-corrected chi connectivity index (χ1v) is 11.0. The number of nitriles is 1. The third kappa shape index (κ3) is 3.60. The fourth-order valence-electron chi connectivity index (χ4n) is 3.92. The van der Waals surface area contributed by atoms with Crippen LogP contribution in [0, 0.1) is 35.0 Å². The summed E-state index contributed by atoms with van der Waals surface area (Å²) in [5.41, 5.74) is 0. The molecule has 4 atom stereocenters. The predicted octanol–water partition coefficient (Wildman–Crippen LogP) is 2.26. The summed E-state index contributed by atoms with van der Waals surface area (Å²) < 4.78 is 25.7. The van der Waals surface area contributed by atoms with Gasteiger partial charge in [0.05, 0.1) is 16.7 Å². The van der Waals surface area contributed by atoms with E-state index in [-0.39, 0.29) is 41.9 Å². The van der Waals surface area contributed by atoms with E-state index in [2.05, 4.69) is 5.32 Å². The van der Waals surface area contributed by atoms with Crippen LogP contribution in [0.3, 0.4) is 0 Å². The van der Waals surface area contributed by atoms with Crippen LogP contribution in [0.2, 0.25) is 0 Å². The number of nitrogens with one attached hydrogen (secondary N) is 1. The Morgan fingerprint density at radius 2 is 1.96 bits per heavy atom. The lowest BCUT2D eigenvalue weighted by Crippen LogP contribution is -2.39. The number of amides is 1. The first kappa shape index (κ1) is 18.0. The molecule has 25 heavy (non-hydrogen) atoms. The Kier molecular flexibility index (Phi) is 5.21. The molecule has 2 aliphatic rings. The van der Waals surface area contributed by atoms with Gasteiger partial charge in [0.1, 0.15) is 6.54 Å². The van der Waals surface area contributed by atoms with E-state index < -0.39 is 9.84 Å². The molecule has 0 saturated heterocycles. The van der Waals surface area contributed by atoms with Gasteiger partial charge in [0.2, 0.25) is 5.91 Å². The van der Waals surface area contributed by atoms with Crippen LogP contribution in [-0.2, 0) is 14.6 Å². The minimum Gasteiger partial charge on any atom is -0.343 e. The molecule has 1 amide bonds. The average Bonchev–Trinajstić information content (AvgIpc) is 3.21. The summed E-state index contributed by atoms with van der Waals surface area (Å²) in [7, 11) is -3.47. The van der Waals surface area contributed by atoms with Crippen LogP contribution >= 0.6 is 11.8 Å². The number of rotatable bonds is 6. The molecule has 1 aromatic carbocycles.